The van der Waals surface area contributed by atoms with Crippen LogP contribution in [0.5, 0.6) is 0 Å². The first-order valence-corrected chi connectivity index (χ1v) is 10.7. The van der Waals surface area contributed by atoms with Crippen LogP contribution >= 0.6 is 0 Å². The molecule has 0 fully saturated rings. The van der Waals surface area contributed by atoms with Gasteiger partial charge in [-0.05, 0) is 48.4 Å². The van der Waals surface area contributed by atoms with Gasteiger partial charge in [-0.1, -0.05) is 49.4 Å². The number of fused-ring (bicyclic) bond motifs is 1. The molecule has 0 bridgehead atoms. The zero-order valence-corrected chi connectivity index (χ0v) is 16.6. The van der Waals surface area contributed by atoms with Gasteiger partial charge in [0, 0.05) is 5.69 Å². The standard InChI is InChI=1S/C22H20N4O2S/c1-2-16-9-8-10-17(15-16)23-21-22(25-20-14-7-6-13-19(20)24-21)26-29(27,28)18-11-4-3-5-12-18/h3-15H,2H2,1H3,(H,23,24)(H,25,26). The molecular weight excluding hydrogens is 384 g/mol. The summed E-state index contributed by atoms with van der Waals surface area (Å²) >= 11 is 0. The summed E-state index contributed by atoms with van der Waals surface area (Å²) in [5, 5.41) is 3.21. The number of aromatic nitrogens is 2. The molecule has 2 N–H and O–H groups in total. The summed E-state index contributed by atoms with van der Waals surface area (Å²) in [6.45, 7) is 2.08. The molecule has 0 aliphatic carbocycles. The maximum Gasteiger partial charge on any atom is 0.263 e. The Kier molecular flexibility index (Phi) is 5.14. The summed E-state index contributed by atoms with van der Waals surface area (Å²) in [6.07, 6.45) is 0.895. The van der Waals surface area contributed by atoms with Crippen molar-refractivity contribution in [3.63, 3.8) is 0 Å². The van der Waals surface area contributed by atoms with Gasteiger partial charge in [0.25, 0.3) is 10.0 Å². The van der Waals surface area contributed by atoms with Crippen LogP contribution in [0, 0.1) is 0 Å². The fourth-order valence-electron chi connectivity index (χ4n) is 2.95. The van der Waals surface area contributed by atoms with Crippen molar-refractivity contribution in [1.82, 2.24) is 9.97 Å². The zero-order chi connectivity index (χ0) is 20.3. The molecule has 0 radical (unpaired) electrons. The number of nitrogens with one attached hydrogen (secondary N) is 2. The Hall–Kier alpha value is -3.45. The first-order chi connectivity index (χ1) is 14.0. The van der Waals surface area contributed by atoms with Gasteiger partial charge in [-0.3, -0.25) is 4.72 Å². The number of hydrogen-bond donors (Lipinski definition) is 2. The average Bonchev–Trinajstić information content (AvgIpc) is 2.75. The van der Waals surface area contributed by atoms with Crippen molar-refractivity contribution in [3.05, 3.63) is 84.4 Å². The number of hydrogen-bond acceptors (Lipinski definition) is 5. The number of nitrogens with zero attached hydrogens (tertiary/aromatic N) is 2. The maximum atomic E-state index is 12.8. The normalized spacial score (nSPS) is 11.3. The Morgan fingerprint density at radius 2 is 1.45 bits per heavy atom. The molecule has 0 spiro atoms. The molecule has 146 valence electrons. The van der Waals surface area contributed by atoms with E-state index in [1.807, 2.05) is 42.5 Å². The molecule has 0 aliphatic heterocycles. The molecule has 0 saturated heterocycles. The van der Waals surface area contributed by atoms with Crippen LogP contribution in [0.3, 0.4) is 0 Å². The summed E-state index contributed by atoms with van der Waals surface area (Å²) < 4.78 is 28.3. The molecule has 7 heteroatoms. The predicted octanol–water partition coefficient (Wildman–Crippen LogP) is 4.74. The number of aryl methyl sites for hydroxylation is 1. The first-order valence-electron chi connectivity index (χ1n) is 9.26. The SMILES string of the molecule is CCc1cccc(Nc2nc3ccccc3nc2NS(=O)(=O)c2ccccc2)c1. The molecule has 4 aromatic rings. The van der Waals surface area contributed by atoms with Gasteiger partial charge in [0.05, 0.1) is 15.9 Å². The molecule has 0 atom stereocenters. The molecule has 0 amide bonds. The van der Waals surface area contributed by atoms with E-state index in [4.69, 9.17) is 0 Å². The second-order valence-corrected chi connectivity index (χ2v) is 8.19. The molecule has 1 aromatic heterocycles. The van der Waals surface area contributed by atoms with Gasteiger partial charge < -0.3 is 5.32 Å². The fourth-order valence-corrected chi connectivity index (χ4v) is 3.98. The average molecular weight is 404 g/mol. The lowest BCUT2D eigenvalue weighted by Crippen LogP contribution is -2.16. The Balaban J connectivity index is 1.78. The van der Waals surface area contributed by atoms with E-state index < -0.39 is 10.0 Å². The minimum Gasteiger partial charge on any atom is -0.337 e. The van der Waals surface area contributed by atoms with Crippen molar-refractivity contribution >= 4 is 38.4 Å². The van der Waals surface area contributed by atoms with E-state index in [0.29, 0.717) is 16.9 Å². The third-order valence-corrected chi connectivity index (χ3v) is 5.81. The van der Waals surface area contributed by atoms with E-state index in [-0.39, 0.29) is 10.7 Å². The number of sulfonamides is 1. The Morgan fingerprint density at radius 3 is 2.14 bits per heavy atom. The number of para-hydroxylation sites is 2. The largest absolute Gasteiger partial charge is 0.337 e. The van der Waals surface area contributed by atoms with E-state index >= 15 is 0 Å². The molecule has 0 unspecified atom stereocenters. The van der Waals surface area contributed by atoms with Crippen LogP contribution in [-0.2, 0) is 16.4 Å². The highest BCUT2D eigenvalue weighted by molar-refractivity contribution is 7.92. The molecule has 0 aliphatic rings. The monoisotopic (exact) mass is 404 g/mol. The summed E-state index contributed by atoms with van der Waals surface area (Å²) in [5.41, 5.74) is 3.25. The number of anilines is 3. The molecule has 3 aromatic carbocycles. The number of rotatable bonds is 6. The van der Waals surface area contributed by atoms with Crippen LogP contribution in [0.25, 0.3) is 11.0 Å². The highest BCUT2D eigenvalue weighted by Crippen LogP contribution is 2.27. The van der Waals surface area contributed by atoms with Crippen molar-refractivity contribution < 1.29 is 8.42 Å². The molecular formula is C22H20N4O2S. The van der Waals surface area contributed by atoms with Crippen LogP contribution in [0.1, 0.15) is 12.5 Å². The van der Waals surface area contributed by atoms with Crippen LogP contribution in [0.4, 0.5) is 17.3 Å². The fraction of sp³-hybridized carbons (Fsp3) is 0.0909. The molecule has 6 nitrogen and oxygen atoms in total. The zero-order valence-electron chi connectivity index (χ0n) is 15.8. The second kappa shape index (κ2) is 7.89. The van der Waals surface area contributed by atoms with E-state index in [1.165, 1.54) is 12.1 Å². The van der Waals surface area contributed by atoms with Crippen molar-refractivity contribution in [1.29, 1.82) is 0 Å². The first kappa shape index (κ1) is 18.9. The highest BCUT2D eigenvalue weighted by Gasteiger charge is 2.18. The van der Waals surface area contributed by atoms with E-state index in [0.717, 1.165) is 17.7 Å². The second-order valence-electron chi connectivity index (χ2n) is 6.51. The van der Waals surface area contributed by atoms with Crippen LogP contribution in [-0.4, -0.2) is 18.4 Å². The lowest BCUT2D eigenvalue weighted by atomic mass is 10.1. The Bertz CT molecular complexity index is 1260. The van der Waals surface area contributed by atoms with Crippen LogP contribution in [0.15, 0.2) is 83.8 Å². The van der Waals surface area contributed by atoms with Gasteiger partial charge in [-0.2, -0.15) is 0 Å². The van der Waals surface area contributed by atoms with Gasteiger partial charge in [-0.25, -0.2) is 18.4 Å². The minimum absolute atomic E-state index is 0.148. The van der Waals surface area contributed by atoms with E-state index in [9.17, 15) is 8.42 Å². The predicted molar refractivity (Wildman–Crippen MR) is 116 cm³/mol. The summed E-state index contributed by atoms with van der Waals surface area (Å²) in [5.74, 6) is 0.492. The van der Waals surface area contributed by atoms with Crippen molar-refractivity contribution in [2.75, 3.05) is 10.0 Å². The van der Waals surface area contributed by atoms with Crippen molar-refractivity contribution in [3.8, 4) is 0 Å². The molecule has 0 saturated carbocycles. The van der Waals surface area contributed by atoms with E-state index in [2.05, 4.69) is 26.9 Å². The lowest BCUT2D eigenvalue weighted by Gasteiger charge is -2.14. The van der Waals surface area contributed by atoms with Gasteiger partial charge in [0.15, 0.2) is 11.6 Å². The van der Waals surface area contributed by atoms with Crippen molar-refractivity contribution in [2.24, 2.45) is 0 Å². The maximum absolute atomic E-state index is 12.8. The van der Waals surface area contributed by atoms with Gasteiger partial charge in [0.1, 0.15) is 0 Å². The highest BCUT2D eigenvalue weighted by atomic mass is 32.2. The third kappa shape index (κ3) is 4.20. The van der Waals surface area contributed by atoms with Gasteiger partial charge in [0.2, 0.25) is 0 Å². The topological polar surface area (TPSA) is 84.0 Å². The van der Waals surface area contributed by atoms with Crippen LogP contribution in [0.2, 0.25) is 0 Å². The summed E-state index contributed by atoms with van der Waals surface area (Å²) in [6, 6.07) is 23.4. The Labute approximate surface area is 169 Å². The van der Waals surface area contributed by atoms with E-state index in [1.54, 1.807) is 24.3 Å². The molecule has 29 heavy (non-hydrogen) atoms. The number of benzene rings is 3. The summed E-state index contributed by atoms with van der Waals surface area (Å²) in [7, 11) is -3.80. The smallest absolute Gasteiger partial charge is 0.263 e. The lowest BCUT2D eigenvalue weighted by molar-refractivity contribution is 0.601. The molecule has 4 rings (SSSR count). The third-order valence-electron chi connectivity index (χ3n) is 4.45. The van der Waals surface area contributed by atoms with Gasteiger partial charge >= 0.3 is 0 Å². The van der Waals surface area contributed by atoms with Crippen molar-refractivity contribution in [2.45, 2.75) is 18.2 Å². The quantitative estimate of drug-likeness (QED) is 0.485. The summed E-state index contributed by atoms with van der Waals surface area (Å²) in [4.78, 5) is 9.27. The molecule has 1 heterocycles. The van der Waals surface area contributed by atoms with Gasteiger partial charge in [-0.15, -0.1) is 0 Å². The Morgan fingerprint density at radius 1 is 0.793 bits per heavy atom. The minimum atomic E-state index is -3.80. The van der Waals surface area contributed by atoms with Crippen LogP contribution < -0.4 is 10.0 Å².